The number of amides is 1. The Morgan fingerprint density at radius 2 is 2.08 bits per heavy atom. The number of carbonyl (C=O) groups excluding carboxylic acids is 1. The number of carboxylic acid groups (broad SMARTS) is 1. The first-order valence-corrected chi connectivity index (χ1v) is 9.25. The zero-order chi connectivity index (χ0) is 18.5. The number of carbonyl (C=O) groups is 2. The average molecular weight is 384 g/mol. The number of carboxylic acids is 1. The predicted molar refractivity (Wildman–Crippen MR) is 106 cm³/mol. The Balaban J connectivity index is 1.77. The predicted octanol–water partition coefficient (Wildman–Crippen LogP) is 3.81. The average Bonchev–Trinajstić information content (AvgIpc) is 2.90. The van der Waals surface area contributed by atoms with Gasteiger partial charge in [0.15, 0.2) is 0 Å². The van der Waals surface area contributed by atoms with Crippen LogP contribution in [0, 0.1) is 0 Å². The van der Waals surface area contributed by atoms with E-state index in [0.29, 0.717) is 22.2 Å². The molecule has 0 unspecified atom stereocenters. The molecule has 1 aliphatic rings. The van der Waals surface area contributed by atoms with Crippen molar-refractivity contribution in [2.24, 2.45) is 0 Å². The van der Waals surface area contributed by atoms with Gasteiger partial charge in [0, 0.05) is 30.9 Å². The second-order valence-corrected chi connectivity index (χ2v) is 7.37. The molecular formula is C19H16N2O3S2. The number of rotatable bonds is 6. The van der Waals surface area contributed by atoms with Crippen molar-refractivity contribution in [3.63, 3.8) is 0 Å². The third-order valence-electron chi connectivity index (χ3n) is 3.83. The van der Waals surface area contributed by atoms with Crippen molar-refractivity contribution < 1.29 is 14.7 Å². The van der Waals surface area contributed by atoms with Gasteiger partial charge in [-0.25, -0.2) is 0 Å². The van der Waals surface area contributed by atoms with Crippen molar-refractivity contribution in [3.05, 3.63) is 59.3 Å². The molecule has 0 aliphatic carbocycles. The lowest BCUT2D eigenvalue weighted by Crippen LogP contribution is -2.29. The van der Waals surface area contributed by atoms with Gasteiger partial charge in [-0.2, -0.15) is 0 Å². The van der Waals surface area contributed by atoms with Gasteiger partial charge < -0.3 is 5.11 Å². The van der Waals surface area contributed by atoms with E-state index in [9.17, 15) is 9.59 Å². The van der Waals surface area contributed by atoms with E-state index in [1.54, 1.807) is 12.4 Å². The highest BCUT2D eigenvalue weighted by atomic mass is 32.2. The lowest BCUT2D eigenvalue weighted by molar-refractivity contribution is -0.137. The fourth-order valence-corrected chi connectivity index (χ4v) is 3.88. The summed E-state index contributed by atoms with van der Waals surface area (Å²) in [5.74, 6) is -1.05. The summed E-state index contributed by atoms with van der Waals surface area (Å²) in [6, 6.07) is 11.7. The van der Waals surface area contributed by atoms with Gasteiger partial charge in [0.05, 0.1) is 4.91 Å². The molecular weight excluding hydrogens is 368 g/mol. The summed E-state index contributed by atoms with van der Waals surface area (Å²) in [6.07, 6.45) is 5.73. The normalized spacial score (nSPS) is 15.7. The lowest BCUT2D eigenvalue weighted by atomic mass is 10.0. The van der Waals surface area contributed by atoms with E-state index in [-0.39, 0.29) is 12.3 Å². The van der Waals surface area contributed by atoms with Crippen molar-refractivity contribution in [2.45, 2.75) is 12.8 Å². The minimum atomic E-state index is -0.877. The smallest absolute Gasteiger partial charge is 0.303 e. The molecule has 0 bridgehead atoms. The fraction of sp³-hybridized carbons (Fsp3) is 0.158. The Bertz CT molecular complexity index is 881. The van der Waals surface area contributed by atoms with E-state index in [1.165, 1.54) is 16.7 Å². The molecule has 1 fully saturated rings. The number of nitrogens with zero attached hydrogens (tertiary/aromatic N) is 2. The standard InChI is InChI=1S/C19H16N2O3S2/c22-17(23)7-3-9-21-18(24)16(26-19(21)25)11-13-4-1-5-14(10-13)15-6-2-8-20-12-15/h1-2,4-6,8,10-12H,3,7,9H2,(H,22,23)/b16-11-. The Hall–Kier alpha value is -2.51. The molecule has 1 aliphatic heterocycles. The number of aliphatic carboxylic acids is 1. The van der Waals surface area contributed by atoms with Crippen LogP contribution in [0.15, 0.2) is 53.7 Å². The van der Waals surface area contributed by atoms with Crippen LogP contribution in [-0.2, 0) is 9.59 Å². The Morgan fingerprint density at radius 3 is 2.81 bits per heavy atom. The van der Waals surface area contributed by atoms with Crippen LogP contribution in [0.25, 0.3) is 17.2 Å². The molecule has 0 atom stereocenters. The molecule has 0 radical (unpaired) electrons. The molecule has 3 rings (SSSR count). The second-order valence-electron chi connectivity index (χ2n) is 5.70. The third kappa shape index (κ3) is 4.36. The fourth-order valence-electron chi connectivity index (χ4n) is 2.57. The third-order valence-corrected chi connectivity index (χ3v) is 5.20. The number of thiocarbonyl (C=S) groups is 1. The number of aromatic nitrogens is 1. The summed E-state index contributed by atoms with van der Waals surface area (Å²) in [5, 5.41) is 8.73. The van der Waals surface area contributed by atoms with Crippen molar-refractivity contribution in [1.82, 2.24) is 9.88 Å². The van der Waals surface area contributed by atoms with Crippen LogP contribution in [0.3, 0.4) is 0 Å². The first-order valence-electron chi connectivity index (χ1n) is 8.02. The zero-order valence-corrected chi connectivity index (χ0v) is 15.4. The Morgan fingerprint density at radius 1 is 1.27 bits per heavy atom. The maximum Gasteiger partial charge on any atom is 0.303 e. The second kappa shape index (κ2) is 8.25. The molecule has 7 heteroatoms. The zero-order valence-electron chi connectivity index (χ0n) is 13.8. The molecule has 1 aromatic heterocycles. The summed E-state index contributed by atoms with van der Waals surface area (Å²) in [4.78, 5) is 29.3. The molecule has 2 heterocycles. The monoisotopic (exact) mass is 384 g/mol. The molecule has 0 saturated carbocycles. The SMILES string of the molecule is O=C(O)CCCN1C(=O)/C(=C/c2cccc(-c3cccnc3)c2)SC1=S. The van der Waals surface area contributed by atoms with E-state index in [2.05, 4.69) is 4.98 Å². The van der Waals surface area contributed by atoms with Crippen LogP contribution in [0.5, 0.6) is 0 Å². The number of thioether (sulfide) groups is 1. The Kier molecular flexibility index (Phi) is 5.80. The van der Waals surface area contributed by atoms with Crippen molar-refractivity contribution >= 4 is 46.3 Å². The highest BCUT2D eigenvalue weighted by Crippen LogP contribution is 2.33. The number of pyridine rings is 1. The molecule has 132 valence electrons. The molecule has 1 aromatic carbocycles. The molecule has 1 N–H and O–H groups in total. The van der Waals surface area contributed by atoms with Gasteiger partial charge in [-0.15, -0.1) is 0 Å². The van der Waals surface area contributed by atoms with Crippen molar-refractivity contribution in [3.8, 4) is 11.1 Å². The molecule has 26 heavy (non-hydrogen) atoms. The summed E-state index contributed by atoms with van der Waals surface area (Å²) >= 11 is 6.51. The first-order chi connectivity index (χ1) is 12.5. The number of hydrogen-bond acceptors (Lipinski definition) is 5. The van der Waals surface area contributed by atoms with E-state index in [0.717, 1.165) is 16.7 Å². The van der Waals surface area contributed by atoms with Gasteiger partial charge in [-0.3, -0.25) is 19.5 Å². The van der Waals surface area contributed by atoms with Crippen LogP contribution >= 0.6 is 24.0 Å². The summed E-state index contributed by atoms with van der Waals surface area (Å²) in [7, 11) is 0. The molecule has 2 aromatic rings. The van der Waals surface area contributed by atoms with E-state index < -0.39 is 5.97 Å². The van der Waals surface area contributed by atoms with Crippen LogP contribution in [0.4, 0.5) is 0 Å². The lowest BCUT2D eigenvalue weighted by Gasteiger charge is -2.13. The van der Waals surface area contributed by atoms with Crippen molar-refractivity contribution in [1.29, 1.82) is 0 Å². The van der Waals surface area contributed by atoms with Crippen molar-refractivity contribution in [2.75, 3.05) is 6.54 Å². The maximum absolute atomic E-state index is 12.5. The largest absolute Gasteiger partial charge is 0.481 e. The highest BCUT2D eigenvalue weighted by Gasteiger charge is 2.31. The van der Waals surface area contributed by atoms with Crippen LogP contribution in [0.2, 0.25) is 0 Å². The van der Waals surface area contributed by atoms with E-state index in [4.69, 9.17) is 17.3 Å². The highest BCUT2D eigenvalue weighted by molar-refractivity contribution is 8.26. The van der Waals surface area contributed by atoms with Crippen LogP contribution in [-0.4, -0.2) is 37.7 Å². The molecule has 5 nitrogen and oxygen atoms in total. The summed E-state index contributed by atoms with van der Waals surface area (Å²) in [5.41, 5.74) is 2.92. The van der Waals surface area contributed by atoms with Gasteiger partial charge in [0.2, 0.25) is 0 Å². The van der Waals surface area contributed by atoms with Gasteiger partial charge in [-0.05, 0) is 35.8 Å². The topological polar surface area (TPSA) is 70.5 Å². The molecule has 0 spiro atoms. The van der Waals surface area contributed by atoms with Gasteiger partial charge in [0.25, 0.3) is 5.91 Å². The van der Waals surface area contributed by atoms with E-state index >= 15 is 0 Å². The first kappa shape index (κ1) is 18.3. The van der Waals surface area contributed by atoms with Crippen LogP contribution < -0.4 is 0 Å². The van der Waals surface area contributed by atoms with Gasteiger partial charge in [0.1, 0.15) is 4.32 Å². The van der Waals surface area contributed by atoms with Crippen LogP contribution in [0.1, 0.15) is 18.4 Å². The molecule has 1 amide bonds. The minimum absolute atomic E-state index is 0.0171. The summed E-state index contributed by atoms with van der Waals surface area (Å²) in [6.45, 7) is 0.323. The van der Waals surface area contributed by atoms with Gasteiger partial charge in [-0.1, -0.05) is 48.2 Å². The Labute approximate surface area is 160 Å². The minimum Gasteiger partial charge on any atom is -0.481 e. The number of hydrogen-bond donors (Lipinski definition) is 1. The maximum atomic E-state index is 12.5. The quantitative estimate of drug-likeness (QED) is 0.603. The molecule has 1 saturated heterocycles. The summed E-state index contributed by atoms with van der Waals surface area (Å²) < 4.78 is 0.468. The number of benzene rings is 1. The van der Waals surface area contributed by atoms with Gasteiger partial charge >= 0.3 is 5.97 Å². The van der Waals surface area contributed by atoms with E-state index in [1.807, 2.05) is 42.5 Å².